The van der Waals surface area contributed by atoms with Crippen molar-refractivity contribution in [3.05, 3.63) is 35.4 Å². The number of nitrogens with one attached hydrogen (secondary N) is 1. The summed E-state index contributed by atoms with van der Waals surface area (Å²) in [4.78, 5) is 12.5. The molecule has 3 nitrogen and oxygen atoms in total. The number of hydrogen-bond acceptors (Lipinski definition) is 1. The van der Waals surface area contributed by atoms with Crippen LogP contribution in [0, 0.1) is 11.6 Å². The first-order valence-electron chi connectivity index (χ1n) is 4.89. The molecule has 0 unspecified atom stereocenters. The zero-order valence-electron chi connectivity index (χ0n) is 9.26. The molecule has 2 amide bonds. The highest BCUT2D eigenvalue weighted by Crippen LogP contribution is 2.07. The lowest BCUT2D eigenvalue weighted by Gasteiger charge is -2.11. The van der Waals surface area contributed by atoms with Gasteiger partial charge in [-0.25, -0.2) is 13.6 Å². The van der Waals surface area contributed by atoms with Crippen LogP contribution >= 0.6 is 0 Å². The maximum absolute atomic E-state index is 12.8. The number of carbonyl (C=O) groups excluding carboxylic acids is 1. The first kappa shape index (κ1) is 12.4. The van der Waals surface area contributed by atoms with Crippen molar-refractivity contribution in [3.63, 3.8) is 0 Å². The summed E-state index contributed by atoms with van der Waals surface area (Å²) in [5.41, 5.74) is 0.525. The van der Waals surface area contributed by atoms with Gasteiger partial charge >= 0.3 is 6.03 Å². The maximum Gasteiger partial charge on any atom is 0.316 e. The summed E-state index contributed by atoms with van der Waals surface area (Å²) in [5, 5.41) is 2.61. The van der Waals surface area contributed by atoms with Gasteiger partial charge in [-0.2, -0.15) is 0 Å². The Morgan fingerprint density at radius 3 is 2.31 bits per heavy atom. The summed E-state index contributed by atoms with van der Waals surface area (Å²) in [6.07, 6.45) is 0.397. The van der Waals surface area contributed by atoms with Gasteiger partial charge in [-0.1, -0.05) is 0 Å². The second kappa shape index (κ2) is 5.44. The first-order chi connectivity index (χ1) is 7.49. The molecule has 0 saturated carbocycles. The standard InChI is InChI=1S/C11H14F2N2O/c1-15(2)11(16)14-4-3-8-5-9(12)7-10(13)6-8/h5-7H,3-4H2,1-2H3,(H,14,16). The fraction of sp³-hybridized carbons (Fsp3) is 0.364. The molecule has 0 aliphatic rings. The number of amides is 2. The molecule has 0 spiro atoms. The van der Waals surface area contributed by atoms with Crippen molar-refractivity contribution < 1.29 is 13.6 Å². The summed E-state index contributed by atoms with van der Waals surface area (Å²) < 4.78 is 25.6. The van der Waals surface area contributed by atoms with Crippen LogP contribution in [-0.2, 0) is 6.42 Å². The Labute approximate surface area is 93.1 Å². The summed E-state index contributed by atoms with van der Waals surface area (Å²) >= 11 is 0. The third-order valence-corrected chi connectivity index (χ3v) is 2.02. The van der Waals surface area contributed by atoms with Crippen molar-refractivity contribution in [1.29, 1.82) is 0 Å². The van der Waals surface area contributed by atoms with Gasteiger partial charge < -0.3 is 10.2 Å². The van der Waals surface area contributed by atoms with E-state index in [-0.39, 0.29) is 6.03 Å². The fourth-order valence-corrected chi connectivity index (χ4v) is 1.23. The van der Waals surface area contributed by atoms with Crippen molar-refractivity contribution in [2.24, 2.45) is 0 Å². The predicted octanol–water partition coefficient (Wildman–Crippen LogP) is 1.78. The van der Waals surface area contributed by atoms with Gasteiger partial charge in [0.1, 0.15) is 11.6 Å². The number of benzene rings is 1. The zero-order valence-corrected chi connectivity index (χ0v) is 9.26. The van der Waals surface area contributed by atoms with Crippen LogP contribution in [-0.4, -0.2) is 31.6 Å². The summed E-state index contributed by atoms with van der Waals surface area (Å²) in [7, 11) is 3.24. The summed E-state index contributed by atoms with van der Waals surface area (Å²) in [6, 6.07) is 3.11. The lowest BCUT2D eigenvalue weighted by atomic mass is 10.1. The van der Waals surface area contributed by atoms with E-state index in [4.69, 9.17) is 0 Å². The lowest BCUT2D eigenvalue weighted by Crippen LogP contribution is -2.35. The Morgan fingerprint density at radius 1 is 1.25 bits per heavy atom. The molecule has 0 saturated heterocycles. The van der Waals surface area contributed by atoms with Crippen LogP contribution < -0.4 is 5.32 Å². The number of carbonyl (C=O) groups is 1. The van der Waals surface area contributed by atoms with E-state index < -0.39 is 11.6 Å². The highest BCUT2D eigenvalue weighted by atomic mass is 19.1. The minimum Gasteiger partial charge on any atom is -0.338 e. The van der Waals surface area contributed by atoms with Crippen LogP contribution in [0.25, 0.3) is 0 Å². The zero-order chi connectivity index (χ0) is 12.1. The smallest absolute Gasteiger partial charge is 0.316 e. The van der Waals surface area contributed by atoms with Gasteiger partial charge in [0.2, 0.25) is 0 Å². The monoisotopic (exact) mass is 228 g/mol. The van der Waals surface area contributed by atoms with Crippen LogP contribution in [0.2, 0.25) is 0 Å². The third-order valence-electron chi connectivity index (χ3n) is 2.02. The number of urea groups is 1. The van der Waals surface area contributed by atoms with Gasteiger partial charge in [-0.15, -0.1) is 0 Å². The van der Waals surface area contributed by atoms with E-state index in [1.165, 1.54) is 17.0 Å². The molecule has 1 aromatic carbocycles. The molecule has 0 aromatic heterocycles. The van der Waals surface area contributed by atoms with E-state index in [9.17, 15) is 13.6 Å². The summed E-state index contributed by atoms with van der Waals surface area (Å²) in [6.45, 7) is 0.347. The summed E-state index contributed by atoms with van der Waals surface area (Å²) in [5.74, 6) is -1.21. The quantitative estimate of drug-likeness (QED) is 0.840. The Hall–Kier alpha value is -1.65. The molecule has 0 bridgehead atoms. The number of halogens is 2. The minimum absolute atomic E-state index is 0.225. The Morgan fingerprint density at radius 2 is 1.81 bits per heavy atom. The predicted molar refractivity (Wildman–Crippen MR) is 57.1 cm³/mol. The molecular weight excluding hydrogens is 214 g/mol. The second-order valence-corrected chi connectivity index (χ2v) is 3.65. The van der Waals surface area contributed by atoms with Gasteiger partial charge in [0, 0.05) is 26.7 Å². The topological polar surface area (TPSA) is 32.3 Å². The van der Waals surface area contributed by atoms with Crippen molar-refractivity contribution in [1.82, 2.24) is 10.2 Å². The highest BCUT2D eigenvalue weighted by Gasteiger charge is 2.03. The molecule has 0 heterocycles. The fourth-order valence-electron chi connectivity index (χ4n) is 1.23. The average molecular weight is 228 g/mol. The van der Waals surface area contributed by atoms with E-state index in [1.807, 2.05) is 0 Å². The van der Waals surface area contributed by atoms with Crippen molar-refractivity contribution in [3.8, 4) is 0 Å². The Balaban J connectivity index is 2.46. The van der Waals surface area contributed by atoms with E-state index in [2.05, 4.69) is 5.32 Å². The normalized spacial score (nSPS) is 10.0. The van der Waals surface area contributed by atoms with Gasteiger partial charge in [0.15, 0.2) is 0 Å². The molecule has 0 radical (unpaired) electrons. The van der Waals surface area contributed by atoms with Crippen LogP contribution in [0.1, 0.15) is 5.56 Å². The van der Waals surface area contributed by atoms with Gasteiger partial charge in [-0.3, -0.25) is 0 Å². The molecule has 0 aliphatic heterocycles. The van der Waals surface area contributed by atoms with E-state index in [0.717, 1.165) is 6.07 Å². The van der Waals surface area contributed by atoms with Crippen LogP contribution in [0.15, 0.2) is 18.2 Å². The molecule has 0 fully saturated rings. The number of hydrogen-bond donors (Lipinski definition) is 1. The molecular formula is C11H14F2N2O. The van der Waals surface area contributed by atoms with Crippen LogP contribution in [0.4, 0.5) is 13.6 Å². The lowest BCUT2D eigenvalue weighted by molar-refractivity contribution is 0.217. The third kappa shape index (κ3) is 3.84. The SMILES string of the molecule is CN(C)C(=O)NCCc1cc(F)cc(F)c1. The van der Waals surface area contributed by atoms with Crippen LogP contribution in [0.3, 0.4) is 0 Å². The molecule has 0 aliphatic carbocycles. The van der Waals surface area contributed by atoms with Crippen molar-refractivity contribution >= 4 is 6.03 Å². The van der Waals surface area contributed by atoms with Crippen LogP contribution in [0.5, 0.6) is 0 Å². The van der Waals surface area contributed by atoms with E-state index in [0.29, 0.717) is 18.5 Å². The largest absolute Gasteiger partial charge is 0.338 e. The maximum atomic E-state index is 12.8. The number of rotatable bonds is 3. The van der Waals surface area contributed by atoms with Crippen molar-refractivity contribution in [2.75, 3.05) is 20.6 Å². The molecule has 1 aromatic rings. The molecule has 5 heteroatoms. The molecule has 1 rings (SSSR count). The second-order valence-electron chi connectivity index (χ2n) is 3.65. The van der Waals surface area contributed by atoms with E-state index >= 15 is 0 Å². The van der Waals surface area contributed by atoms with Gasteiger partial charge in [0.05, 0.1) is 0 Å². The Bertz CT molecular complexity index is 360. The molecule has 88 valence electrons. The van der Waals surface area contributed by atoms with Gasteiger partial charge in [-0.05, 0) is 24.1 Å². The molecule has 1 N–H and O–H groups in total. The van der Waals surface area contributed by atoms with Gasteiger partial charge in [0.25, 0.3) is 0 Å². The van der Waals surface area contributed by atoms with E-state index in [1.54, 1.807) is 14.1 Å². The molecule has 0 atom stereocenters. The Kier molecular flexibility index (Phi) is 4.22. The molecule has 16 heavy (non-hydrogen) atoms. The average Bonchev–Trinajstić information content (AvgIpc) is 2.15. The highest BCUT2D eigenvalue weighted by molar-refractivity contribution is 5.73. The minimum atomic E-state index is -0.603. The number of nitrogens with zero attached hydrogens (tertiary/aromatic N) is 1. The first-order valence-corrected chi connectivity index (χ1v) is 4.89. The van der Waals surface area contributed by atoms with Crippen molar-refractivity contribution in [2.45, 2.75) is 6.42 Å².